The van der Waals surface area contributed by atoms with Crippen molar-refractivity contribution in [3.05, 3.63) is 46.0 Å². The number of anilines is 3. The van der Waals surface area contributed by atoms with E-state index >= 15 is 0 Å². The molecule has 16 N–H and O–H groups in total. The number of ether oxygens (including phenoxy) is 5. The monoisotopic (exact) mass is 1170 g/mol. The van der Waals surface area contributed by atoms with Gasteiger partial charge in [0.25, 0.3) is 17.1 Å². The summed E-state index contributed by atoms with van der Waals surface area (Å²) < 4.78 is 112. The Hall–Kier alpha value is -5.15. The van der Waals surface area contributed by atoms with Crippen molar-refractivity contribution < 1.29 is 104 Å². The predicted octanol–water partition coefficient (Wildman–Crippen LogP) is -4.24. The second-order valence-corrected chi connectivity index (χ2v) is 23.6. The Bertz CT molecular complexity index is 3510. The summed E-state index contributed by atoms with van der Waals surface area (Å²) in [6.45, 7) is -3.33. The summed E-state index contributed by atoms with van der Waals surface area (Å²) in [7, 11) is -18.9. The number of nitrogens with zero attached hydrogens (tertiary/aromatic N) is 10. The largest absolute Gasteiger partial charge is 0.480 e. The molecule has 422 valence electrons. The molecule has 0 aliphatic carbocycles. The molecular weight excluding hydrogens is 1120 g/mol. The van der Waals surface area contributed by atoms with Crippen molar-refractivity contribution in [2.75, 3.05) is 57.8 Å². The number of phosphoric acid groups is 2. The smallest absolute Gasteiger partial charge is 0.387 e. The first kappa shape index (κ1) is 56.6. The van der Waals surface area contributed by atoms with E-state index in [4.69, 9.17) is 59.0 Å². The summed E-state index contributed by atoms with van der Waals surface area (Å²) in [5.74, 6) is -1.67. The van der Waals surface area contributed by atoms with Crippen LogP contribution in [-0.4, -0.2) is 178 Å². The Kier molecular flexibility index (Phi) is 15.8. The van der Waals surface area contributed by atoms with E-state index < -0.39 is 136 Å². The fourth-order valence-corrected chi connectivity index (χ4v) is 13.8. The molecular formula is C34H49N16O23P4+. The lowest BCUT2D eigenvalue weighted by Crippen LogP contribution is -2.45. The standard InChI is InChI=1S/C34H48N16O23P4/c1-47-11-50(27-18(47)29(55)45-34(37)43-27)30-19(51)12(4-64-2)13(69-30)5-68-77(62,63)73-75(58,59)46-74(56,57)66-7-15-22(23(65-3)32(71-15)48-9-40-16-24(35)38-8-39-25(16)48)72-76(60,61)67-6-14-20(52)21(53)31(70-14)49-10-41-17-26(49)42-33(36)44-28(17)54/h8-15,19-23,30-32,51-53H,4-7H2,1-3H3,(H12-,35,36,37,38,39,42,43,44,45,46,54,55,56,57,58,59,60,61,62,63)/p+1/t12-,13-,14-,15-,19-,20-,21-,22-,23-,30-,31-,32-/m1/s1. The molecule has 9 rings (SSSR count). The third-order valence-corrected chi connectivity index (χ3v) is 17.9. The molecule has 6 aromatic heterocycles. The summed E-state index contributed by atoms with van der Waals surface area (Å²) in [6, 6.07) is 0. The van der Waals surface area contributed by atoms with Crippen LogP contribution in [0.4, 0.5) is 17.7 Å². The number of imidazole rings is 3. The van der Waals surface area contributed by atoms with E-state index in [1.807, 2.05) is 0 Å². The Morgan fingerprint density at radius 3 is 2.06 bits per heavy atom. The number of phosphoric ester groups is 2. The first-order valence-corrected chi connectivity index (χ1v) is 28.2. The quantitative estimate of drug-likeness (QED) is 0.0240. The van der Waals surface area contributed by atoms with Crippen LogP contribution in [0.3, 0.4) is 0 Å². The number of aromatic amines is 2. The topological polar surface area (TPSA) is 554 Å². The first-order chi connectivity index (χ1) is 36.2. The highest BCUT2D eigenvalue weighted by molar-refractivity contribution is 7.71. The zero-order valence-corrected chi connectivity index (χ0v) is 43.3. The molecule has 6 aromatic rings. The molecule has 3 fully saturated rings. The fourth-order valence-electron chi connectivity index (χ4n) is 8.83. The number of aryl methyl sites for hydroxylation is 1. The number of H-pyrrole nitrogens is 2. The number of aromatic nitrogens is 12. The summed E-state index contributed by atoms with van der Waals surface area (Å²) in [5.41, 5.74) is 15.8. The van der Waals surface area contributed by atoms with Gasteiger partial charge in [0.15, 0.2) is 41.4 Å². The normalized spacial score (nSPS) is 30.0. The molecule has 0 saturated carbocycles. The maximum absolute atomic E-state index is 13.7. The Labute approximate surface area is 428 Å². The Morgan fingerprint density at radius 2 is 1.35 bits per heavy atom. The molecule has 39 nitrogen and oxygen atoms in total. The molecule has 0 radical (unpaired) electrons. The Balaban J connectivity index is 0.869. The van der Waals surface area contributed by atoms with Crippen LogP contribution in [-0.2, 0) is 71.4 Å². The van der Waals surface area contributed by atoms with E-state index in [9.17, 15) is 62.7 Å². The molecule has 9 heterocycles. The van der Waals surface area contributed by atoms with E-state index in [0.29, 0.717) is 0 Å². The number of aliphatic hydroxyl groups excluding tert-OH is 3. The molecule has 0 amide bonds. The highest BCUT2D eigenvalue weighted by Gasteiger charge is 2.54. The summed E-state index contributed by atoms with van der Waals surface area (Å²) >= 11 is 0. The third kappa shape index (κ3) is 11.5. The maximum Gasteiger partial charge on any atom is 0.480 e. The molecule has 77 heavy (non-hydrogen) atoms. The minimum absolute atomic E-state index is 0.0116. The number of rotatable bonds is 21. The van der Waals surface area contributed by atoms with Crippen molar-refractivity contribution in [1.82, 2.24) is 58.4 Å². The average Bonchev–Trinajstić information content (AvgIpc) is 4.21. The predicted molar refractivity (Wildman–Crippen MR) is 250 cm³/mol. The van der Waals surface area contributed by atoms with Gasteiger partial charge in [0.2, 0.25) is 17.7 Å². The summed E-state index contributed by atoms with van der Waals surface area (Å²) in [6.07, 6.45) is -12.7. The molecule has 0 aromatic carbocycles. The third-order valence-electron chi connectivity index (χ3n) is 12.2. The summed E-state index contributed by atoms with van der Waals surface area (Å²) in [4.78, 5) is 97.9. The number of fused-ring (bicyclic) bond motifs is 3. The SMILES string of the molecule is COC[C@H]1[C@@H](O)[C@H]([n+]2cn(C)c3c(=O)[nH]c(N)nc32)O[C@@H]1COP(=O)(O)OP(=O)(O)NP(=O)(O)OC[C@H]1O[C@@H](n2cnc3c(N)ncnc32)[C@H](OC)[C@@H]1OP(=O)(O)OC[C@H]1O[C@@H](n2cnc3c(=O)[nH]c(N)nc32)[C@H](O)[C@@H]1O. The van der Waals surface area contributed by atoms with Crippen LogP contribution in [0.25, 0.3) is 33.5 Å². The molecule has 0 bridgehead atoms. The van der Waals surface area contributed by atoms with E-state index in [1.54, 1.807) is 0 Å². The molecule has 0 spiro atoms. The highest BCUT2D eigenvalue weighted by Crippen LogP contribution is 2.62. The molecule has 3 aliphatic heterocycles. The lowest BCUT2D eigenvalue weighted by atomic mass is 9.99. The lowest BCUT2D eigenvalue weighted by Gasteiger charge is -2.26. The van der Waals surface area contributed by atoms with Crippen LogP contribution in [0, 0.1) is 5.92 Å². The first-order valence-electron chi connectivity index (χ1n) is 22.1. The van der Waals surface area contributed by atoms with Crippen LogP contribution in [0.15, 0.2) is 34.9 Å². The molecule has 3 aliphatic rings. The van der Waals surface area contributed by atoms with Gasteiger partial charge in [0.1, 0.15) is 54.6 Å². The van der Waals surface area contributed by atoms with Crippen LogP contribution < -0.4 is 37.7 Å². The van der Waals surface area contributed by atoms with Gasteiger partial charge in [0.05, 0.1) is 52.2 Å². The van der Waals surface area contributed by atoms with Crippen LogP contribution in [0.2, 0.25) is 0 Å². The van der Waals surface area contributed by atoms with Gasteiger partial charge < -0.3 is 75.8 Å². The second kappa shape index (κ2) is 21.5. The highest BCUT2D eigenvalue weighted by atomic mass is 31.3. The van der Waals surface area contributed by atoms with Gasteiger partial charge in [-0.25, -0.2) is 42.8 Å². The number of methoxy groups -OCH3 is 2. The molecule has 16 atom stereocenters. The molecule has 4 unspecified atom stereocenters. The van der Waals surface area contributed by atoms with Crippen molar-refractivity contribution in [1.29, 1.82) is 0 Å². The zero-order valence-electron chi connectivity index (χ0n) is 39.7. The Morgan fingerprint density at radius 1 is 0.714 bits per heavy atom. The number of hydrogen-bond donors (Lipinski definition) is 13. The van der Waals surface area contributed by atoms with E-state index in [0.717, 1.165) is 30.7 Å². The maximum atomic E-state index is 13.7. The number of nitrogen functional groups attached to an aromatic ring is 3. The van der Waals surface area contributed by atoms with Crippen LogP contribution >= 0.6 is 31.1 Å². The number of nitrogens with two attached hydrogens (primary N) is 3. The van der Waals surface area contributed by atoms with Crippen molar-refractivity contribution in [2.24, 2.45) is 13.0 Å². The lowest BCUT2D eigenvalue weighted by molar-refractivity contribution is -0.745. The van der Waals surface area contributed by atoms with Gasteiger partial charge in [-0.15, -0.1) is 4.86 Å². The van der Waals surface area contributed by atoms with Gasteiger partial charge in [-0.1, -0.05) is 4.98 Å². The average molecular weight is 1170 g/mol. The van der Waals surface area contributed by atoms with Crippen molar-refractivity contribution in [3.8, 4) is 0 Å². The van der Waals surface area contributed by atoms with Gasteiger partial charge >= 0.3 is 36.8 Å². The van der Waals surface area contributed by atoms with E-state index in [-0.39, 0.29) is 57.8 Å². The van der Waals surface area contributed by atoms with Crippen LogP contribution in [0.1, 0.15) is 18.7 Å². The number of aliphatic hydroxyl groups is 3. The number of nitrogens with one attached hydrogen (secondary N) is 3. The zero-order chi connectivity index (χ0) is 55.7. The number of hydrogen-bond acceptors (Lipinski definition) is 28. The molecule has 43 heteroatoms. The second-order valence-electron chi connectivity index (χ2n) is 17.2. The van der Waals surface area contributed by atoms with E-state index in [1.165, 1.54) is 39.0 Å². The summed E-state index contributed by atoms with van der Waals surface area (Å²) in [5, 5.41) is 33.0. The minimum atomic E-state index is -5.93. The van der Waals surface area contributed by atoms with Gasteiger partial charge in [-0.3, -0.25) is 51.4 Å². The van der Waals surface area contributed by atoms with Crippen LogP contribution in [0.5, 0.6) is 0 Å². The fraction of sp³-hybridized carbons (Fsp3) is 0.559. The van der Waals surface area contributed by atoms with Crippen molar-refractivity contribution in [3.63, 3.8) is 0 Å². The van der Waals surface area contributed by atoms with Crippen molar-refractivity contribution in [2.45, 2.75) is 67.5 Å². The van der Waals surface area contributed by atoms with Crippen molar-refractivity contribution >= 4 is 82.3 Å². The van der Waals surface area contributed by atoms with Gasteiger partial charge in [-0.2, -0.15) is 9.29 Å². The van der Waals surface area contributed by atoms with Gasteiger partial charge in [-0.05, 0) is 0 Å². The van der Waals surface area contributed by atoms with E-state index in [2.05, 4.69) is 44.2 Å². The molecule has 3 saturated heterocycles. The van der Waals surface area contributed by atoms with Gasteiger partial charge in [0, 0.05) is 20.1 Å². The minimum Gasteiger partial charge on any atom is -0.387 e.